The Morgan fingerprint density at radius 1 is 0.302 bits per heavy atom. The average Bonchev–Trinajstić information content (AvgIpc) is 3.28. The lowest BCUT2D eigenvalue weighted by Gasteiger charge is -2.18. The fourth-order valence-corrected chi connectivity index (χ4v) is 8.20. The van der Waals surface area contributed by atoms with E-state index in [1.165, 1.54) is 205 Å². The van der Waals surface area contributed by atoms with Gasteiger partial charge in [0.05, 0.1) is 0 Å². The summed E-state index contributed by atoms with van der Waals surface area (Å²) in [5.74, 6) is -0.864. The Labute approximate surface area is 392 Å². The maximum absolute atomic E-state index is 12.8. The van der Waals surface area contributed by atoms with Crippen LogP contribution in [0, 0.1) is 0 Å². The van der Waals surface area contributed by atoms with Crippen LogP contribution in [0.2, 0.25) is 0 Å². The molecule has 0 amide bonds. The van der Waals surface area contributed by atoms with Gasteiger partial charge in [-0.2, -0.15) is 0 Å². The van der Waals surface area contributed by atoms with E-state index in [1.807, 2.05) is 0 Å². The van der Waals surface area contributed by atoms with Crippen LogP contribution in [0.1, 0.15) is 303 Å². The summed E-state index contributed by atoms with van der Waals surface area (Å²) in [7, 11) is 0. The molecule has 0 aromatic heterocycles. The van der Waals surface area contributed by atoms with E-state index in [0.717, 1.165) is 57.8 Å². The quantitative estimate of drug-likeness (QED) is 0.0262. The summed E-state index contributed by atoms with van der Waals surface area (Å²) in [6, 6.07) is 0. The molecule has 0 saturated heterocycles. The van der Waals surface area contributed by atoms with E-state index >= 15 is 0 Å². The number of unbranched alkanes of at least 4 members (excludes halogenated alkanes) is 36. The molecule has 6 nitrogen and oxygen atoms in total. The molecular weight excluding hydrogens is 781 g/mol. The summed E-state index contributed by atoms with van der Waals surface area (Å²) in [6.45, 7) is 6.65. The summed E-state index contributed by atoms with van der Waals surface area (Å²) >= 11 is 0. The first kappa shape index (κ1) is 60.9. The van der Waals surface area contributed by atoms with E-state index in [-0.39, 0.29) is 31.1 Å². The first-order valence-corrected chi connectivity index (χ1v) is 27.8. The zero-order valence-electron chi connectivity index (χ0n) is 42.4. The van der Waals surface area contributed by atoms with Crippen LogP contribution in [0.25, 0.3) is 0 Å². The Bertz CT molecular complexity index is 1020. The molecule has 1 atom stereocenters. The summed E-state index contributed by atoms with van der Waals surface area (Å²) in [5.41, 5.74) is 0. The molecule has 370 valence electrons. The van der Waals surface area contributed by atoms with Crippen LogP contribution >= 0.6 is 0 Å². The summed E-state index contributed by atoms with van der Waals surface area (Å²) in [6.07, 6.45) is 60.2. The Hall–Kier alpha value is -2.11. The van der Waals surface area contributed by atoms with Crippen molar-refractivity contribution in [2.45, 2.75) is 309 Å². The highest BCUT2D eigenvalue weighted by Gasteiger charge is 2.19. The largest absolute Gasteiger partial charge is 0.462 e. The second-order valence-electron chi connectivity index (χ2n) is 18.8. The van der Waals surface area contributed by atoms with Crippen molar-refractivity contribution in [3.8, 4) is 0 Å². The first-order chi connectivity index (χ1) is 31.0. The van der Waals surface area contributed by atoms with Crippen molar-refractivity contribution in [2.75, 3.05) is 13.2 Å². The van der Waals surface area contributed by atoms with Crippen LogP contribution in [0.3, 0.4) is 0 Å². The molecule has 0 rings (SSSR count). The molecule has 0 aliphatic rings. The van der Waals surface area contributed by atoms with E-state index in [2.05, 4.69) is 45.1 Å². The third kappa shape index (κ3) is 50.7. The molecule has 6 heteroatoms. The number of hydrogen-bond acceptors (Lipinski definition) is 6. The molecule has 0 unspecified atom stereocenters. The minimum Gasteiger partial charge on any atom is -0.462 e. The van der Waals surface area contributed by atoms with Crippen LogP contribution < -0.4 is 0 Å². The summed E-state index contributed by atoms with van der Waals surface area (Å²) in [4.78, 5) is 38.0. The Morgan fingerprint density at radius 2 is 0.524 bits per heavy atom. The average molecular weight is 887 g/mol. The second-order valence-corrected chi connectivity index (χ2v) is 18.8. The summed E-state index contributed by atoms with van der Waals surface area (Å²) < 4.78 is 16.8. The van der Waals surface area contributed by atoms with Crippen molar-refractivity contribution >= 4 is 17.9 Å². The molecule has 0 heterocycles. The van der Waals surface area contributed by atoms with Gasteiger partial charge in [0.25, 0.3) is 0 Å². The Morgan fingerprint density at radius 3 is 0.794 bits per heavy atom. The van der Waals surface area contributed by atoms with E-state index < -0.39 is 6.10 Å². The maximum atomic E-state index is 12.8. The van der Waals surface area contributed by atoms with Gasteiger partial charge in [-0.3, -0.25) is 14.4 Å². The highest BCUT2D eigenvalue weighted by Crippen LogP contribution is 2.16. The van der Waals surface area contributed by atoms with Crippen molar-refractivity contribution in [1.29, 1.82) is 0 Å². The lowest BCUT2D eigenvalue weighted by molar-refractivity contribution is -0.167. The first-order valence-electron chi connectivity index (χ1n) is 27.8. The second kappa shape index (κ2) is 52.5. The number of esters is 3. The third-order valence-corrected chi connectivity index (χ3v) is 12.4. The van der Waals surface area contributed by atoms with Crippen molar-refractivity contribution in [3.05, 3.63) is 24.3 Å². The van der Waals surface area contributed by atoms with Crippen LogP contribution in [-0.2, 0) is 28.6 Å². The van der Waals surface area contributed by atoms with E-state index in [0.29, 0.717) is 19.3 Å². The van der Waals surface area contributed by atoms with Crippen LogP contribution in [0.5, 0.6) is 0 Å². The standard InChI is InChI=1S/C57H106O6/c1-4-7-10-13-16-19-22-24-26-28-30-32-35-38-41-44-47-50-56(59)62-53-54(52-61-55(58)49-46-43-40-37-34-21-18-15-12-9-6-3)63-57(60)51-48-45-42-39-36-33-31-29-27-25-23-20-17-14-11-8-5-2/h24-27,54H,4-23,28-53H2,1-3H3/b26-24-,27-25-/t54-/m1/s1. The van der Waals surface area contributed by atoms with Gasteiger partial charge in [-0.1, -0.05) is 238 Å². The molecule has 0 spiro atoms. The molecular formula is C57H106O6. The van der Waals surface area contributed by atoms with Crippen molar-refractivity contribution in [3.63, 3.8) is 0 Å². The van der Waals surface area contributed by atoms with E-state index in [4.69, 9.17) is 14.2 Å². The molecule has 0 aliphatic heterocycles. The highest BCUT2D eigenvalue weighted by molar-refractivity contribution is 5.71. The number of ether oxygens (including phenoxy) is 3. The van der Waals surface area contributed by atoms with Crippen molar-refractivity contribution in [2.24, 2.45) is 0 Å². The SMILES string of the molecule is CCCCCCCC/C=C\CCCCCCCCCC(=O)OC[C@@H](COC(=O)CCCCCCCCCCCCC)OC(=O)CCCCCCCCC/C=C\CCCCCCCC. The minimum atomic E-state index is -0.770. The van der Waals surface area contributed by atoms with Gasteiger partial charge in [0.2, 0.25) is 0 Å². The van der Waals surface area contributed by atoms with E-state index in [9.17, 15) is 14.4 Å². The number of hydrogen-bond donors (Lipinski definition) is 0. The Kier molecular flexibility index (Phi) is 50.8. The van der Waals surface area contributed by atoms with Crippen LogP contribution in [0.4, 0.5) is 0 Å². The number of carbonyl (C=O) groups excluding carboxylic acids is 3. The van der Waals surface area contributed by atoms with Gasteiger partial charge in [0.1, 0.15) is 13.2 Å². The molecule has 0 aliphatic carbocycles. The topological polar surface area (TPSA) is 78.9 Å². The van der Waals surface area contributed by atoms with Gasteiger partial charge in [-0.25, -0.2) is 0 Å². The zero-order chi connectivity index (χ0) is 45.8. The maximum Gasteiger partial charge on any atom is 0.306 e. The van der Waals surface area contributed by atoms with Gasteiger partial charge in [-0.05, 0) is 70.6 Å². The smallest absolute Gasteiger partial charge is 0.306 e. The predicted molar refractivity (Wildman–Crippen MR) is 270 cm³/mol. The van der Waals surface area contributed by atoms with Gasteiger partial charge in [0.15, 0.2) is 6.10 Å². The molecule has 0 fully saturated rings. The number of carbonyl (C=O) groups is 3. The van der Waals surface area contributed by atoms with Gasteiger partial charge in [-0.15, -0.1) is 0 Å². The van der Waals surface area contributed by atoms with Crippen LogP contribution in [-0.4, -0.2) is 37.2 Å². The lowest BCUT2D eigenvalue weighted by atomic mass is 10.1. The minimum absolute atomic E-state index is 0.0704. The highest BCUT2D eigenvalue weighted by atomic mass is 16.6. The number of allylic oxidation sites excluding steroid dienone is 4. The molecule has 0 radical (unpaired) electrons. The monoisotopic (exact) mass is 887 g/mol. The van der Waals surface area contributed by atoms with Gasteiger partial charge in [0, 0.05) is 19.3 Å². The normalized spacial score (nSPS) is 12.1. The molecule has 63 heavy (non-hydrogen) atoms. The molecule has 0 aromatic rings. The molecule has 0 aromatic carbocycles. The van der Waals surface area contributed by atoms with Crippen LogP contribution in [0.15, 0.2) is 24.3 Å². The lowest BCUT2D eigenvalue weighted by Crippen LogP contribution is -2.30. The molecule has 0 saturated carbocycles. The summed E-state index contributed by atoms with van der Waals surface area (Å²) in [5, 5.41) is 0. The molecule has 0 N–H and O–H groups in total. The van der Waals surface area contributed by atoms with Crippen molar-refractivity contribution in [1.82, 2.24) is 0 Å². The molecule has 0 bridgehead atoms. The Balaban J connectivity index is 4.32. The predicted octanol–water partition coefficient (Wildman–Crippen LogP) is 18.3. The van der Waals surface area contributed by atoms with Crippen molar-refractivity contribution < 1.29 is 28.6 Å². The number of rotatable bonds is 51. The zero-order valence-corrected chi connectivity index (χ0v) is 42.4. The fourth-order valence-electron chi connectivity index (χ4n) is 8.20. The van der Waals surface area contributed by atoms with E-state index in [1.54, 1.807) is 0 Å². The van der Waals surface area contributed by atoms with Gasteiger partial charge >= 0.3 is 17.9 Å². The van der Waals surface area contributed by atoms with Gasteiger partial charge < -0.3 is 14.2 Å². The third-order valence-electron chi connectivity index (χ3n) is 12.4. The fraction of sp³-hybridized carbons (Fsp3) is 0.877.